The lowest BCUT2D eigenvalue weighted by molar-refractivity contribution is -0.124. The first-order valence-corrected chi connectivity index (χ1v) is 14.6. The average Bonchev–Trinajstić information content (AvgIpc) is 3.70. The van der Waals surface area contributed by atoms with Crippen LogP contribution >= 0.6 is 11.6 Å². The van der Waals surface area contributed by atoms with Gasteiger partial charge in [0.05, 0.1) is 29.4 Å². The number of hydrogen-bond donors (Lipinski definition) is 0. The smallest absolute Gasteiger partial charge is 0.318 e. The van der Waals surface area contributed by atoms with Crippen LogP contribution in [0.1, 0.15) is 53.4 Å². The van der Waals surface area contributed by atoms with Gasteiger partial charge in [-0.15, -0.1) is 0 Å². The van der Waals surface area contributed by atoms with E-state index in [0.29, 0.717) is 30.8 Å². The Hall–Kier alpha value is -4.11. The Morgan fingerprint density at radius 2 is 1.90 bits per heavy atom. The molecule has 1 amide bonds. The third-order valence-corrected chi connectivity index (χ3v) is 8.62. The lowest BCUT2D eigenvalue weighted by Gasteiger charge is -2.27. The summed E-state index contributed by atoms with van der Waals surface area (Å²) >= 11 is 6.65. The SMILES string of the molecule is COc1nc(N(C)C2CCN(C(=O)/C=C/c3nc(C)ncc3C)C2)c2cnc(-c3cccc(Cl)c3C3CC3)c(C)c2n1. The molecule has 1 saturated heterocycles. The van der Waals surface area contributed by atoms with E-state index in [-0.39, 0.29) is 11.9 Å². The van der Waals surface area contributed by atoms with Crippen molar-refractivity contribution in [2.24, 2.45) is 0 Å². The molecule has 1 unspecified atom stereocenters. The number of carbonyl (C=O) groups is 1. The summed E-state index contributed by atoms with van der Waals surface area (Å²) in [6.07, 6.45) is 10.1. The van der Waals surface area contributed by atoms with Gasteiger partial charge in [-0.05, 0) is 69.2 Å². The minimum Gasteiger partial charge on any atom is -0.467 e. The van der Waals surface area contributed by atoms with E-state index in [1.165, 1.54) is 5.56 Å². The Balaban J connectivity index is 1.28. The van der Waals surface area contributed by atoms with Crippen molar-refractivity contribution >= 4 is 40.3 Å². The van der Waals surface area contributed by atoms with E-state index in [2.05, 4.69) is 20.9 Å². The number of likely N-dealkylation sites (tertiary alicyclic amines) is 1. The van der Waals surface area contributed by atoms with Crippen molar-refractivity contribution in [1.29, 1.82) is 0 Å². The zero-order valence-electron chi connectivity index (χ0n) is 24.6. The van der Waals surface area contributed by atoms with Crippen LogP contribution in [0.2, 0.25) is 5.02 Å². The number of amides is 1. The summed E-state index contributed by atoms with van der Waals surface area (Å²) in [6.45, 7) is 7.05. The first-order chi connectivity index (χ1) is 20.2. The predicted octanol–water partition coefficient (Wildman–Crippen LogP) is 5.70. The first kappa shape index (κ1) is 28.0. The highest BCUT2D eigenvalue weighted by Gasteiger charge is 2.32. The number of halogens is 1. The Bertz CT molecular complexity index is 1720. The van der Waals surface area contributed by atoms with Gasteiger partial charge in [-0.3, -0.25) is 9.78 Å². The third kappa shape index (κ3) is 5.29. The summed E-state index contributed by atoms with van der Waals surface area (Å²) in [4.78, 5) is 40.1. The molecule has 2 aliphatic rings. The van der Waals surface area contributed by atoms with Crippen molar-refractivity contribution in [3.05, 3.63) is 69.9 Å². The molecule has 0 bridgehead atoms. The Kier molecular flexibility index (Phi) is 7.53. The third-order valence-electron chi connectivity index (χ3n) is 8.29. The minimum atomic E-state index is -0.0400. The second kappa shape index (κ2) is 11.3. The van der Waals surface area contributed by atoms with Crippen LogP contribution in [0.4, 0.5) is 5.82 Å². The van der Waals surface area contributed by atoms with E-state index in [0.717, 1.165) is 69.1 Å². The number of aryl methyl sites for hydroxylation is 3. The normalized spacial score (nSPS) is 16.9. The number of rotatable bonds is 7. The second-order valence-corrected chi connectivity index (χ2v) is 11.6. The van der Waals surface area contributed by atoms with Gasteiger partial charge in [0, 0.05) is 60.8 Å². The van der Waals surface area contributed by atoms with Crippen molar-refractivity contribution < 1.29 is 9.53 Å². The highest BCUT2D eigenvalue weighted by Crippen LogP contribution is 2.48. The van der Waals surface area contributed by atoms with Crippen LogP contribution in [0, 0.1) is 20.8 Å². The van der Waals surface area contributed by atoms with Crippen LogP contribution in [-0.4, -0.2) is 69.0 Å². The molecule has 6 rings (SSSR count). The van der Waals surface area contributed by atoms with Crippen LogP contribution in [-0.2, 0) is 4.79 Å². The van der Waals surface area contributed by atoms with Gasteiger partial charge in [0.15, 0.2) is 0 Å². The molecule has 1 aromatic carbocycles. The zero-order chi connectivity index (χ0) is 29.5. The van der Waals surface area contributed by atoms with Gasteiger partial charge in [-0.1, -0.05) is 23.7 Å². The van der Waals surface area contributed by atoms with E-state index in [9.17, 15) is 4.79 Å². The molecule has 0 N–H and O–H groups in total. The van der Waals surface area contributed by atoms with Gasteiger partial charge in [0.2, 0.25) is 5.91 Å². The van der Waals surface area contributed by atoms with Gasteiger partial charge in [-0.25, -0.2) is 9.97 Å². The molecular weight excluding hydrogens is 550 g/mol. The molecule has 42 heavy (non-hydrogen) atoms. The number of methoxy groups -OCH3 is 1. The standard InChI is InChI=1S/C32H34ClN7O2/c1-18-15-34-20(3)36-26(18)11-12-27(41)40-14-13-22(17-40)39(4)31-24-16-35-29(19(2)30(24)37-32(38-31)42-5)23-7-6-8-25(33)28(23)21-9-10-21/h6-8,11-12,15-16,21-22H,9-10,13-14,17H2,1-5H3/b12-11+. The molecule has 10 heteroatoms. The fourth-order valence-electron chi connectivity index (χ4n) is 5.75. The van der Waals surface area contributed by atoms with Crippen molar-refractivity contribution in [3.8, 4) is 17.3 Å². The van der Waals surface area contributed by atoms with Crippen molar-refractivity contribution in [2.45, 2.75) is 52.0 Å². The number of benzene rings is 1. The monoisotopic (exact) mass is 583 g/mol. The van der Waals surface area contributed by atoms with Gasteiger partial charge < -0.3 is 14.5 Å². The van der Waals surface area contributed by atoms with Gasteiger partial charge in [0.25, 0.3) is 0 Å². The maximum atomic E-state index is 13.1. The molecule has 4 aromatic rings. The highest BCUT2D eigenvalue weighted by molar-refractivity contribution is 6.32. The average molecular weight is 584 g/mol. The van der Waals surface area contributed by atoms with E-state index < -0.39 is 0 Å². The highest BCUT2D eigenvalue weighted by atomic mass is 35.5. The van der Waals surface area contributed by atoms with Crippen LogP contribution in [0.5, 0.6) is 6.01 Å². The first-order valence-electron chi connectivity index (χ1n) is 14.2. The maximum Gasteiger partial charge on any atom is 0.318 e. The summed E-state index contributed by atoms with van der Waals surface area (Å²) in [7, 11) is 3.59. The molecule has 1 saturated carbocycles. The molecule has 1 aliphatic heterocycles. The van der Waals surface area contributed by atoms with Crippen LogP contribution in [0.15, 0.2) is 36.7 Å². The van der Waals surface area contributed by atoms with E-state index >= 15 is 0 Å². The van der Waals surface area contributed by atoms with Crippen molar-refractivity contribution in [1.82, 2.24) is 29.8 Å². The van der Waals surface area contributed by atoms with E-state index in [1.54, 1.807) is 25.5 Å². The topological polar surface area (TPSA) is 97.2 Å². The van der Waals surface area contributed by atoms with Crippen molar-refractivity contribution in [3.63, 3.8) is 0 Å². The number of anilines is 1. The van der Waals surface area contributed by atoms with Gasteiger partial charge in [0.1, 0.15) is 11.6 Å². The number of aromatic nitrogens is 5. The fourth-order valence-corrected chi connectivity index (χ4v) is 6.07. The molecule has 0 spiro atoms. The number of fused-ring (bicyclic) bond motifs is 1. The zero-order valence-corrected chi connectivity index (χ0v) is 25.3. The molecule has 0 radical (unpaired) electrons. The van der Waals surface area contributed by atoms with Crippen molar-refractivity contribution in [2.75, 3.05) is 32.1 Å². The maximum absolute atomic E-state index is 13.1. The molecule has 9 nitrogen and oxygen atoms in total. The molecule has 1 aliphatic carbocycles. The Labute approximate surface area is 250 Å². The summed E-state index contributed by atoms with van der Waals surface area (Å²) in [5.74, 6) is 1.84. The van der Waals surface area contributed by atoms with E-state index in [1.807, 2.05) is 51.0 Å². The van der Waals surface area contributed by atoms with Crippen LogP contribution < -0.4 is 9.64 Å². The van der Waals surface area contributed by atoms with E-state index in [4.69, 9.17) is 31.3 Å². The predicted molar refractivity (Wildman–Crippen MR) is 165 cm³/mol. The lowest BCUT2D eigenvalue weighted by Crippen LogP contribution is -2.36. The largest absolute Gasteiger partial charge is 0.467 e. The molecule has 216 valence electrons. The molecular formula is C32H34ClN7O2. The summed E-state index contributed by atoms with van der Waals surface area (Å²) in [6, 6.07) is 6.40. The Morgan fingerprint density at radius 1 is 1.10 bits per heavy atom. The lowest BCUT2D eigenvalue weighted by atomic mass is 9.96. The second-order valence-electron chi connectivity index (χ2n) is 11.2. The number of hydrogen-bond acceptors (Lipinski definition) is 8. The Morgan fingerprint density at radius 3 is 2.67 bits per heavy atom. The van der Waals surface area contributed by atoms with Crippen LogP contribution in [0.25, 0.3) is 28.2 Å². The van der Waals surface area contributed by atoms with Gasteiger partial charge in [-0.2, -0.15) is 9.97 Å². The van der Waals surface area contributed by atoms with Crippen LogP contribution in [0.3, 0.4) is 0 Å². The minimum absolute atomic E-state index is 0.0400. The summed E-state index contributed by atoms with van der Waals surface area (Å²) in [5, 5.41) is 1.63. The molecule has 2 fully saturated rings. The quantitative estimate of drug-likeness (QED) is 0.256. The van der Waals surface area contributed by atoms with Gasteiger partial charge >= 0.3 is 6.01 Å². The molecule has 4 heterocycles. The number of nitrogens with zero attached hydrogens (tertiary/aromatic N) is 7. The summed E-state index contributed by atoms with van der Waals surface area (Å²) < 4.78 is 5.54. The molecule has 1 atom stereocenters. The number of ether oxygens (including phenoxy) is 1. The fraction of sp³-hybridized carbons (Fsp3) is 0.375. The number of carbonyl (C=O) groups excluding carboxylic acids is 1. The summed E-state index contributed by atoms with van der Waals surface area (Å²) in [5.41, 5.74) is 6.53. The number of likely N-dealkylation sites (N-methyl/N-ethyl adjacent to an activating group) is 1. The molecule has 3 aromatic heterocycles. The number of pyridine rings is 1.